The van der Waals surface area contributed by atoms with Crippen LogP contribution in [0.2, 0.25) is 0 Å². The number of hydrogen-bond donors (Lipinski definition) is 3. The molecule has 1 unspecified atom stereocenters. The van der Waals surface area contributed by atoms with Crippen molar-refractivity contribution in [2.45, 2.75) is 32.5 Å². The monoisotopic (exact) mass is 274 g/mol. The van der Waals surface area contributed by atoms with E-state index in [9.17, 15) is 15.3 Å². The van der Waals surface area contributed by atoms with Crippen molar-refractivity contribution in [3.05, 3.63) is 25.7 Å². The number of aliphatic hydroxyl groups excluding tert-OH is 3. The summed E-state index contributed by atoms with van der Waals surface area (Å²) in [5, 5.41) is 28.0. The Balaban J connectivity index is 4.22. The first kappa shape index (κ1) is 18.0. The molecule has 0 aliphatic heterocycles. The molecule has 0 amide bonds. The average molecular weight is 274 g/mol. The van der Waals surface area contributed by atoms with E-state index in [1.165, 1.54) is 12.5 Å². The summed E-state index contributed by atoms with van der Waals surface area (Å²) in [6.07, 6.45) is 4.36. The van der Waals surface area contributed by atoms with Gasteiger partial charge in [-0.3, -0.25) is 0 Å². The van der Waals surface area contributed by atoms with Crippen LogP contribution in [0.1, 0.15) is 26.2 Å². The highest BCUT2D eigenvalue weighted by molar-refractivity contribution is 4.82. The molecule has 0 heterocycles. The maximum Gasteiger partial charge on any atom is 0.239 e. The SMILES string of the molecule is C=COC(CCCC(C)C(CO)(CO)CO)OC=C. The zero-order valence-electron chi connectivity index (χ0n) is 11.6. The fraction of sp³-hybridized carbons (Fsp3) is 0.714. The van der Waals surface area contributed by atoms with Crippen molar-refractivity contribution in [3.8, 4) is 0 Å². The van der Waals surface area contributed by atoms with Crippen LogP contribution in [0.25, 0.3) is 0 Å². The van der Waals surface area contributed by atoms with Crippen LogP contribution in [0.4, 0.5) is 0 Å². The Bertz CT molecular complexity index is 232. The normalized spacial score (nSPS) is 13.1. The maximum atomic E-state index is 9.33. The van der Waals surface area contributed by atoms with E-state index >= 15 is 0 Å². The van der Waals surface area contributed by atoms with E-state index in [4.69, 9.17) is 9.47 Å². The van der Waals surface area contributed by atoms with Crippen molar-refractivity contribution in [1.82, 2.24) is 0 Å². The number of rotatable bonds is 12. The molecule has 5 heteroatoms. The highest BCUT2D eigenvalue weighted by Gasteiger charge is 2.34. The molecule has 19 heavy (non-hydrogen) atoms. The zero-order chi connectivity index (χ0) is 14.7. The molecule has 0 radical (unpaired) electrons. The molecular formula is C14H26O5. The van der Waals surface area contributed by atoms with E-state index in [1.54, 1.807) is 0 Å². The first-order valence-electron chi connectivity index (χ1n) is 6.45. The first-order valence-corrected chi connectivity index (χ1v) is 6.45. The number of aliphatic hydroxyl groups is 3. The molecule has 112 valence electrons. The smallest absolute Gasteiger partial charge is 0.239 e. The van der Waals surface area contributed by atoms with Crippen LogP contribution in [-0.4, -0.2) is 41.4 Å². The van der Waals surface area contributed by atoms with E-state index in [0.717, 1.165) is 12.8 Å². The maximum absolute atomic E-state index is 9.33. The summed E-state index contributed by atoms with van der Waals surface area (Å²) in [4.78, 5) is 0. The average Bonchev–Trinajstić information content (AvgIpc) is 2.42. The third-order valence-electron chi connectivity index (χ3n) is 3.56. The quantitative estimate of drug-likeness (QED) is 0.370. The molecule has 1 atom stereocenters. The lowest BCUT2D eigenvalue weighted by Gasteiger charge is -2.34. The van der Waals surface area contributed by atoms with Gasteiger partial charge in [-0.1, -0.05) is 20.1 Å². The summed E-state index contributed by atoms with van der Waals surface area (Å²) >= 11 is 0. The van der Waals surface area contributed by atoms with E-state index in [0.29, 0.717) is 6.42 Å². The predicted octanol–water partition coefficient (Wildman–Crippen LogP) is 1.40. The van der Waals surface area contributed by atoms with Gasteiger partial charge in [0, 0.05) is 11.8 Å². The molecule has 0 aromatic rings. The van der Waals surface area contributed by atoms with Crippen molar-refractivity contribution in [1.29, 1.82) is 0 Å². The van der Waals surface area contributed by atoms with Gasteiger partial charge in [-0.05, 0) is 18.8 Å². The summed E-state index contributed by atoms with van der Waals surface area (Å²) in [7, 11) is 0. The fourth-order valence-electron chi connectivity index (χ4n) is 1.90. The Kier molecular flexibility index (Phi) is 9.30. The van der Waals surface area contributed by atoms with Crippen molar-refractivity contribution in [3.63, 3.8) is 0 Å². The molecule has 0 fully saturated rings. The summed E-state index contributed by atoms with van der Waals surface area (Å²) in [6, 6.07) is 0. The van der Waals surface area contributed by atoms with Crippen LogP contribution >= 0.6 is 0 Å². The van der Waals surface area contributed by atoms with Gasteiger partial charge in [0.25, 0.3) is 0 Å². The molecule has 0 saturated carbocycles. The predicted molar refractivity (Wildman–Crippen MR) is 73.1 cm³/mol. The van der Waals surface area contributed by atoms with Gasteiger partial charge in [0.15, 0.2) is 0 Å². The van der Waals surface area contributed by atoms with Crippen LogP contribution in [0, 0.1) is 11.3 Å². The van der Waals surface area contributed by atoms with Crippen LogP contribution in [0.3, 0.4) is 0 Å². The molecular weight excluding hydrogens is 248 g/mol. The van der Waals surface area contributed by atoms with Crippen LogP contribution in [0.15, 0.2) is 25.7 Å². The molecule has 0 aliphatic rings. The summed E-state index contributed by atoms with van der Waals surface area (Å²) < 4.78 is 10.3. The first-order chi connectivity index (χ1) is 9.10. The van der Waals surface area contributed by atoms with E-state index in [2.05, 4.69) is 13.2 Å². The molecule has 0 rings (SSSR count). The van der Waals surface area contributed by atoms with Crippen LogP contribution in [0.5, 0.6) is 0 Å². The molecule has 0 saturated heterocycles. The van der Waals surface area contributed by atoms with Crippen LogP contribution < -0.4 is 0 Å². The van der Waals surface area contributed by atoms with Crippen molar-refractivity contribution < 1.29 is 24.8 Å². The highest BCUT2D eigenvalue weighted by Crippen LogP contribution is 2.30. The minimum absolute atomic E-state index is 0.0133. The van der Waals surface area contributed by atoms with Gasteiger partial charge in [0.05, 0.1) is 32.3 Å². The van der Waals surface area contributed by atoms with Gasteiger partial charge in [-0.15, -0.1) is 0 Å². The van der Waals surface area contributed by atoms with E-state index in [-0.39, 0.29) is 25.7 Å². The van der Waals surface area contributed by atoms with Gasteiger partial charge in [0.2, 0.25) is 6.29 Å². The molecule has 0 aromatic carbocycles. The van der Waals surface area contributed by atoms with Gasteiger partial charge in [-0.25, -0.2) is 0 Å². The third-order valence-corrected chi connectivity index (χ3v) is 3.56. The Morgan fingerprint density at radius 2 is 1.47 bits per heavy atom. The Morgan fingerprint density at radius 1 is 1.00 bits per heavy atom. The van der Waals surface area contributed by atoms with E-state index < -0.39 is 11.7 Å². The van der Waals surface area contributed by atoms with Crippen molar-refractivity contribution >= 4 is 0 Å². The summed E-state index contributed by atoms with van der Waals surface area (Å²) in [5.41, 5.74) is -0.839. The molecule has 0 spiro atoms. The van der Waals surface area contributed by atoms with Crippen molar-refractivity contribution in [2.75, 3.05) is 19.8 Å². The highest BCUT2D eigenvalue weighted by atomic mass is 16.7. The molecule has 0 bridgehead atoms. The third kappa shape index (κ3) is 5.63. The van der Waals surface area contributed by atoms with Gasteiger partial charge in [0.1, 0.15) is 0 Å². The largest absolute Gasteiger partial charge is 0.463 e. The standard InChI is InChI=1S/C14H26O5/c1-4-18-13(19-5-2)8-6-7-12(3)14(9-15,10-16)11-17/h4-5,12-13,15-17H,1-2,6-11H2,3H3. The second-order valence-corrected chi connectivity index (χ2v) is 4.70. The summed E-state index contributed by atoms with van der Waals surface area (Å²) in [5.74, 6) is -0.0133. The lowest BCUT2D eigenvalue weighted by Crippen LogP contribution is -2.40. The second kappa shape index (κ2) is 9.83. The zero-order valence-corrected chi connectivity index (χ0v) is 11.6. The minimum Gasteiger partial charge on any atom is -0.463 e. The fourth-order valence-corrected chi connectivity index (χ4v) is 1.90. The number of ether oxygens (including phenoxy) is 2. The van der Waals surface area contributed by atoms with E-state index in [1.807, 2.05) is 6.92 Å². The Hall–Kier alpha value is -1.04. The lowest BCUT2D eigenvalue weighted by atomic mass is 9.76. The molecule has 0 aliphatic carbocycles. The van der Waals surface area contributed by atoms with Crippen LogP contribution in [-0.2, 0) is 9.47 Å². The van der Waals surface area contributed by atoms with Gasteiger partial charge >= 0.3 is 0 Å². The molecule has 3 N–H and O–H groups in total. The second-order valence-electron chi connectivity index (χ2n) is 4.70. The molecule has 5 nitrogen and oxygen atoms in total. The van der Waals surface area contributed by atoms with Gasteiger partial charge in [-0.2, -0.15) is 0 Å². The number of hydrogen-bond acceptors (Lipinski definition) is 5. The van der Waals surface area contributed by atoms with Gasteiger partial charge < -0.3 is 24.8 Å². The Morgan fingerprint density at radius 3 is 1.84 bits per heavy atom. The Labute approximate surface area is 115 Å². The van der Waals surface area contributed by atoms with Crippen molar-refractivity contribution in [2.24, 2.45) is 11.3 Å². The minimum atomic E-state index is -0.839. The topological polar surface area (TPSA) is 79.2 Å². The molecule has 0 aromatic heterocycles. The summed E-state index contributed by atoms with van der Waals surface area (Å²) in [6.45, 7) is 8.12. The lowest BCUT2D eigenvalue weighted by molar-refractivity contribution is -0.0706.